The second-order valence-corrected chi connectivity index (χ2v) is 4.85. The van der Waals surface area contributed by atoms with Crippen LogP contribution in [0.1, 0.15) is 22.0 Å². The van der Waals surface area contributed by atoms with E-state index in [1.165, 1.54) is 12.1 Å². The summed E-state index contributed by atoms with van der Waals surface area (Å²) in [5.41, 5.74) is 0.687. The molecule has 1 aromatic heterocycles. The molecule has 3 rings (SSSR count). The first-order valence-corrected chi connectivity index (χ1v) is 6.71. The van der Waals surface area contributed by atoms with Crippen LogP contribution in [0.25, 0.3) is 0 Å². The summed E-state index contributed by atoms with van der Waals surface area (Å²) in [6.07, 6.45) is 0.949. The number of anilines is 1. The lowest BCUT2D eigenvalue weighted by molar-refractivity contribution is -0.118. The van der Waals surface area contributed by atoms with Crippen LogP contribution in [0.5, 0.6) is 5.75 Å². The first kappa shape index (κ1) is 14.7. The largest absolute Gasteiger partial charge is 0.481 e. The first-order chi connectivity index (χ1) is 11.1. The van der Waals surface area contributed by atoms with Crippen LogP contribution in [0.3, 0.4) is 0 Å². The van der Waals surface area contributed by atoms with Gasteiger partial charge in [0.15, 0.2) is 24.1 Å². The molecule has 1 aromatic carbocycles. The Morgan fingerprint density at radius 1 is 1.39 bits per heavy atom. The quantitative estimate of drug-likeness (QED) is 0.876. The second-order valence-electron chi connectivity index (χ2n) is 4.85. The molecule has 114 valence electrons. The lowest BCUT2D eigenvalue weighted by Gasteiger charge is -2.20. The van der Waals surface area contributed by atoms with Crippen LogP contribution < -0.4 is 10.1 Å². The van der Waals surface area contributed by atoms with Gasteiger partial charge in [-0.1, -0.05) is 6.07 Å². The maximum absolute atomic E-state index is 12.9. The number of carbonyl (C=O) groups excluding carboxylic acids is 2. The number of nitriles is 1. The number of Topliss-reactive ketones (excluding diaryl/α,β-unsaturated/α-hetero) is 1. The van der Waals surface area contributed by atoms with Crippen molar-refractivity contribution >= 4 is 17.4 Å². The van der Waals surface area contributed by atoms with E-state index in [0.717, 1.165) is 12.3 Å². The van der Waals surface area contributed by atoms with Crippen molar-refractivity contribution in [1.29, 1.82) is 5.26 Å². The summed E-state index contributed by atoms with van der Waals surface area (Å²) in [4.78, 5) is 27.8. The van der Waals surface area contributed by atoms with Gasteiger partial charge >= 0.3 is 0 Å². The molecule has 0 bridgehead atoms. The van der Waals surface area contributed by atoms with Crippen LogP contribution in [-0.2, 0) is 4.79 Å². The van der Waals surface area contributed by atoms with Crippen LogP contribution >= 0.6 is 0 Å². The fourth-order valence-electron chi connectivity index (χ4n) is 2.28. The average molecular weight is 311 g/mol. The van der Waals surface area contributed by atoms with Crippen molar-refractivity contribution < 1.29 is 18.7 Å². The van der Waals surface area contributed by atoms with Gasteiger partial charge in [0.05, 0.1) is 29.2 Å². The summed E-state index contributed by atoms with van der Waals surface area (Å²) in [6, 6.07) is 8.98. The van der Waals surface area contributed by atoms with Crippen molar-refractivity contribution in [2.45, 2.75) is 5.92 Å². The van der Waals surface area contributed by atoms with Crippen LogP contribution in [0.15, 0.2) is 36.5 Å². The van der Waals surface area contributed by atoms with Crippen molar-refractivity contribution in [3.63, 3.8) is 0 Å². The Morgan fingerprint density at radius 3 is 2.91 bits per heavy atom. The number of ketones is 1. The highest BCUT2D eigenvalue weighted by atomic mass is 19.1. The van der Waals surface area contributed by atoms with Gasteiger partial charge in [0.2, 0.25) is 0 Å². The van der Waals surface area contributed by atoms with Gasteiger partial charge in [0, 0.05) is 0 Å². The minimum Gasteiger partial charge on any atom is -0.481 e. The van der Waals surface area contributed by atoms with Gasteiger partial charge in [0.25, 0.3) is 5.91 Å². The Hall–Kier alpha value is -3.27. The zero-order valence-electron chi connectivity index (χ0n) is 11.7. The number of carbonyl (C=O) groups is 2. The lowest BCUT2D eigenvalue weighted by atomic mass is 9.94. The van der Waals surface area contributed by atoms with Crippen LogP contribution in [0.4, 0.5) is 10.1 Å². The van der Waals surface area contributed by atoms with E-state index in [1.54, 1.807) is 12.1 Å². The van der Waals surface area contributed by atoms with E-state index in [9.17, 15) is 19.2 Å². The third-order valence-electron chi connectivity index (χ3n) is 3.34. The molecule has 2 heterocycles. The minimum absolute atomic E-state index is 0.149. The highest BCUT2D eigenvalue weighted by Crippen LogP contribution is 2.34. The molecule has 2 aromatic rings. The molecule has 23 heavy (non-hydrogen) atoms. The summed E-state index contributed by atoms with van der Waals surface area (Å²) in [5, 5.41) is 11.9. The molecule has 0 radical (unpaired) electrons. The zero-order chi connectivity index (χ0) is 16.4. The molecule has 1 aliphatic rings. The second kappa shape index (κ2) is 5.85. The number of para-hydroxylation sites is 1. The predicted molar refractivity (Wildman–Crippen MR) is 77.4 cm³/mol. The summed E-state index contributed by atoms with van der Waals surface area (Å²) >= 11 is 0. The van der Waals surface area contributed by atoms with E-state index < -0.39 is 17.5 Å². The summed E-state index contributed by atoms with van der Waals surface area (Å²) in [6.45, 7) is -0.205. The number of nitrogens with one attached hydrogen (secondary N) is 1. The molecule has 0 unspecified atom stereocenters. The van der Waals surface area contributed by atoms with Gasteiger partial charge in [-0.05, 0) is 24.3 Å². The summed E-state index contributed by atoms with van der Waals surface area (Å²) in [7, 11) is 0. The van der Waals surface area contributed by atoms with E-state index in [4.69, 9.17) is 4.74 Å². The Bertz CT molecular complexity index is 827. The van der Waals surface area contributed by atoms with Crippen molar-refractivity contribution in [1.82, 2.24) is 4.98 Å². The molecular formula is C16H10FN3O3. The Balaban J connectivity index is 1.99. The number of fused-ring (bicyclic) bond motifs is 1. The molecule has 1 amide bonds. The standard InChI is InChI=1S/C16H10FN3O3/c17-9-4-5-12(19-7-9)11(6-18)15(22)10-2-1-3-13-16(10)23-8-14(21)20-13/h1-5,7,11H,8H2,(H,20,21)/t11-/m1/s1. The van der Waals surface area contributed by atoms with E-state index >= 15 is 0 Å². The van der Waals surface area contributed by atoms with Crippen molar-refractivity contribution in [3.05, 3.63) is 53.6 Å². The number of amides is 1. The third-order valence-corrected chi connectivity index (χ3v) is 3.34. The van der Waals surface area contributed by atoms with Crippen LogP contribution in [0.2, 0.25) is 0 Å². The van der Waals surface area contributed by atoms with Gasteiger partial charge < -0.3 is 10.1 Å². The fourth-order valence-corrected chi connectivity index (χ4v) is 2.28. The van der Waals surface area contributed by atoms with Gasteiger partial charge in [-0.2, -0.15) is 5.26 Å². The molecule has 0 spiro atoms. The molecule has 7 heteroatoms. The van der Waals surface area contributed by atoms with Crippen molar-refractivity contribution in [2.75, 3.05) is 11.9 Å². The molecule has 1 atom stereocenters. The van der Waals surface area contributed by atoms with Gasteiger partial charge in [-0.25, -0.2) is 4.39 Å². The number of ether oxygens (including phenoxy) is 1. The fraction of sp³-hybridized carbons (Fsp3) is 0.125. The van der Waals surface area contributed by atoms with Crippen LogP contribution in [-0.4, -0.2) is 23.3 Å². The van der Waals surface area contributed by atoms with Crippen molar-refractivity contribution in [3.8, 4) is 11.8 Å². The Labute approximate surface area is 130 Å². The number of rotatable bonds is 3. The number of nitrogens with zero attached hydrogens (tertiary/aromatic N) is 2. The minimum atomic E-state index is -1.19. The smallest absolute Gasteiger partial charge is 0.262 e. The highest BCUT2D eigenvalue weighted by Gasteiger charge is 2.29. The molecule has 0 aliphatic carbocycles. The van der Waals surface area contributed by atoms with E-state index in [1.807, 2.05) is 6.07 Å². The molecule has 0 fully saturated rings. The number of hydrogen-bond donors (Lipinski definition) is 1. The SMILES string of the molecule is N#C[C@@H](C(=O)c1cccc2c1OCC(=O)N2)c1ccc(F)cn1. The predicted octanol–water partition coefficient (Wildman–Crippen LogP) is 2.04. The normalized spacial score (nSPS) is 14.0. The molecule has 0 saturated heterocycles. The number of benzene rings is 1. The Morgan fingerprint density at radius 2 is 2.22 bits per heavy atom. The average Bonchev–Trinajstić information content (AvgIpc) is 2.56. The number of halogens is 1. The monoisotopic (exact) mass is 311 g/mol. The van der Waals surface area contributed by atoms with Gasteiger partial charge in [-0.3, -0.25) is 14.6 Å². The van der Waals surface area contributed by atoms with Crippen LogP contribution in [0, 0.1) is 17.1 Å². The van der Waals surface area contributed by atoms with Crippen molar-refractivity contribution in [2.24, 2.45) is 0 Å². The van der Waals surface area contributed by atoms with Gasteiger partial charge in [-0.15, -0.1) is 0 Å². The number of pyridine rings is 1. The number of hydrogen-bond acceptors (Lipinski definition) is 5. The molecule has 0 saturated carbocycles. The maximum atomic E-state index is 12.9. The molecular weight excluding hydrogens is 301 g/mol. The van der Waals surface area contributed by atoms with E-state index in [2.05, 4.69) is 10.3 Å². The first-order valence-electron chi connectivity index (χ1n) is 6.71. The molecule has 6 nitrogen and oxygen atoms in total. The van der Waals surface area contributed by atoms with E-state index in [0.29, 0.717) is 5.69 Å². The summed E-state index contributed by atoms with van der Waals surface area (Å²) < 4.78 is 18.3. The highest BCUT2D eigenvalue weighted by molar-refractivity contribution is 6.07. The van der Waals surface area contributed by atoms with E-state index in [-0.39, 0.29) is 29.5 Å². The lowest BCUT2D eigenvalue weighted by Crippen LogP contribution is -2.27. The molecule has 1 aliphatic heterocycles. The number of aromatic nitrogens is 1. The molecule has 1 N–H and O–H groups in total. The zero-order valence-corrected chi connectivity index (χ0v) is 11.7. The summed E-state index contributed by atoms with van der Waals surface area (Å²) in [5.74, 6) is -2.37. The van der Waals surface area contributed by atoms with Gasteiger partial charge in [0.1, 0.15) is 5.82 Å². The Kier molecular flexibility index (Phi) is 3.73. The third kappa shape index (κ3) is 2.74. The topological polar surface area (TPSA) is 92.1 Å². The maximum Gasteiger partial charge on any atom is 0.262 e.